The molecule has 102 valence electrons. The second-order valence-electron chi connectivity index (χ2n) is 5.95. The van der Waals surface area contributed by atoms with Gasteiger partial charge in [-0.1, -0.05) is 25.0 Å². The van der Waals surface area contributed by atoms with Crippen LogP contribution in [0.15, 0.2) is 12.1 Å². The van der Waals surface area contributed by atoms with E-state index in [9.17, 15) is 9.90 Å². The molecule has 2 N–H and O–H groups in total. The number of carbonyl (C=O) groups is 1. The summed E-state index contributed by atoms with van der Waals surface area (Å²) in [5.74, 6) is 0.522. The summed E-state index contributed by atoms with van der Waals surface area (Å²) >= 11 is 0. The zero-order valence-electron chi connectivity index (χ0n) is 11.1. The Bertz CT molecular complexity index is 464. The number of phenols is 1. The maximum atomic E-state index is 10.9. The van der Waals surface area contributed by atoms with Gasteiger partial charge in [0.2, 0.25) is 0 Å². The summed E-state index contributed by atoms with van der Waals surface area (Å²) in [5.41, 5.74) is 2.83. The molecule has 1 aromatic rings. The molecule has 2 fully saturated rings. The average molecular weight is 260 g/mol. The van der Waals surface area contributed by atoms with E-state index >= 15 is 0 Å². The van der Waals surface area contributed by atoms with E-state index in [-0.39, 0.29) is 6.42 Å². The molecule has 2 aliphatic carbocycles. The Labute approximate surface area is 113 Å². The van der Waals surface area contributed by atoms with Gasteiger partial charge in [0.25, 0.3) is 0 Å². The van der Waals surface area contributed by atoms with Crippen molar-refractivity contribution in [1.29, 1.82) is 0 Å². The molecule has 3 heteroatoms. The first-order valence-electron chi connectivity index (χ1n) is 7.22. The minimum absolute atomic E-state index is 0.0553. The Morgan fingerprint density at radius 2 is 1.53 bits per heavy atom. The average Bonchev–Trinajstić information content (AvgIpc) is 2.18. The lowest BCUT2D eigenvalue weighted by Gasteiger charge is -2.31. The highest BCUT2D eigenvalue weighted by Gasteiger charge is 2.29. The van der Waals surface area contributed by atoms with Crippen LogP contribution in [0, 0.1) is 0 Å². The lowest BCUT2D eigenvalue weighted by atomic mass is 9.74. The first kappa shape index (κ1) is 12.5. The number of aromatic hydroxyl groups is 1. The molecule has 1 aromatic carbocycles. The maximum absolute atomic E-state index is 10.9. The number of hydrogen-bond acceptors (Lipinski definition) is 2. The first-order chi connectivity index (χ1) is 9.15. The van der Waals surface area contributed by atoms with E-state index in [1.165, 1.54) is 12.8 Å². The van der Waals surface area contributed by atoms with Gasteiger partial charge in [0, 0.05) is 0 Å². The van der Waals surface area contributed by atoms with E-state index in [0.717, 1.165) is 42.4 Å². The first-order valence-corrected chi connectivity index (χ1v) is 7.22. The van der Waals surface area contributed by atoms with Crippen molar-refractivity contribution in [2.75, 3.05) is 0 Å². The van der Waals surface area contributed by atoms with Gasteiger partial charge in [-0.3, -0.25) is 4.79 Å². The van der Waals surface area contributed by atoms with Crippen molar-refractivity contribution in [2.24, 2.45) is 0 Å². The molecule has 0 unspecified atom stereocenters. The quantitative estimate of drug-likeness (QED) is 0.870. The molecule has 3 nitrogen and oxygen atoms in total. The number of hydrogen-bond donors (Lipinski definition) is 2. The van der Waals surface area contributed by atoms with Crippen molar-refractivity contribution in [3.63, 3.8) is 0 Å². The number of phenolic OH excluding ortho intramolecular Hbond substituents is 1. The Kier molecular flexibility index (Phi) is 3.21. The summed E-state index contributed by atoms with van der Waals surface area (Å²) in [5, 5.41) is 19.4. The van der Waals surface area contributed by atoms with E-state index in [1.807, 2.05) is 12.1 Å². The van der Waals surface area contributed by atoms with Gasteiger partial charge in [-0.2, -0.15) is 0 Å². The van der Waals surface area contributed by atoms with Gasteiger partial charge in [0.15, 0.2) is 0 Å². The van der Waals surface area contributed by atoms with E-state index < -0.39 is 5.97 Å². The van der Waals surface area contributed by atoms with Crippen LogP contribution in [0.2, 0.25) is 0 Å². The standard InChI is InChI=1S/C16H20O3/c17-15(18)9-10-7-13(11-3-1-4-11)16(19)14(8-10)12-5-2-6-12/h7-8,11-12,19H,1-6,9H2,(H,17,18). The SMILES string of the molecule is O=C(O)Cc1cc(C2CCC2)c(O)c(C2CCC2)c1. The van der Waals surface area contributed by atoms with E-state index in [0.29, 0.717) is 17.6 Å². The zero-order chi connectivity index (χ0) is 13.4. The molecule has 0 amide bonds. The summed E-state index contributed by atoms with van der Waals surface area (Å²) in [6.07, 6.45) is 6.96. The maximum Gasteiger partial charge on any atom is 0.307 e. The molecule has 0 spiro atoms. The monoisotopic (exact) mass is 260 g/mol. The predicted octanol–water partition coefficient (Wildman–Crippen LogP) is 3.55. The number of aliphatic carboxylic acids is 1. The van der Waals surface area contributed by atoms with Gasteiger partial charge in [0.1, 0.15) is 5.75 Å². The van der Waals surface area contributed by atoms with E-state index in [4.69, 9.17) is 5.11 Å². The van der Waals surface area contributed by atoms with Crippen LogP contribution in [0.1, 0.15) is 67.1 Å². The Balaban J connectivity index is 1.98. The largest absolute Gasteiger partial charge is 0.507 e. The molecule has 19 heavy (non-hydrogen) atoms. The van der Waals surface area contributed by atoms with Gasteiger partial charge in [-0.25, -0.2) is 0 Å². The fourth-order valence-corrected chi connectivity index (χ4v) is 3.08. The number of carboxylic acids is 1. The fraction of sp³-hybridized carbons (Fsp3) is 0.562. The molecular weight excluding hydrogens is 240 g/mol. The second-order valence-corrected chi connectivity index (χ2v) is 5.95. The molecule has 0 saturated heterocycles. The molecule has 0 bridgehead atoms. The minimum atomic E-state index is -0.801. The molecule has 0 aromatic heterocycles. The van der Waals surface area contributed by atoms with Gasteiger partial charge >= 0.3 is 5.97 Å². The number of benzene rings is 1. The summed E-state index contributed by atoms with van der Waals surface area (Å²) in [4.78, 5) is 10.9. The van der Waals surface area contributed by atoms with Crippen molar-refractivity contribution in [1.82, 2.24) is 0 Å². The fourth-order valence-electron chi connectivity index (χ4n) is 3.08. The molecule has 0 atom stereocenters. The van der Waals surface area contributed by atoms with Crippen LogP contribution in [-0.2, 0) is 11.2 Å². The summed E-state index contributed by atoms with van der Waals surface area (Å²) in [7, 11) is 0. The Hall–Kier alpha value is -1.51. The lowest BCUT2D eigenvalue weighted by Crippen LogP contribution is -2.14. The second kappa shape index (κ2) is 4.87. The van der Waals surface area contributed by atoms with Crippen molar-refractivity contribution in [2.45, 2.75) is 56.8 Å². The third-order valence-corrected chi connectivity index (χ3v) is 4.67. The van der Waals surface area contributed by atoms with Crippen molar-refractivity contribution < 1.29 is 15.0 Å². The van der Waals surface area contributed by atoms with Crippen LogP contribution in [-0.4, -0.2) is 16.2 Å². The van der Waals surface area contributed by atoms with Gasteiger partial charge in [-0.05, 0) is 54.2 Å². The molecule has 0 radical (unpaired) electrons. The van der Waals surface area contributed by atoms with E-state index in [2.05, 4.69) is 0 Å². The summed E-state index contributed by atoms with van der Waals surface area (Å²) < 4.78 is 0. The summed E-state index contributed by atoms with van der Waals surface area (Å²) in [6.45, 7) is 0. The Morgan fingerprint density at radius 3 is 1.84 bits per heavy atom. The third-order valence-electron chi connectivity index (χ3n) is 4.67. The number of carboxylic acid groups (broad SMARTS) is 1. The smallest absolute Gasteiger partial charge is 0.307 e. The molecule has 2 aliphatic rings. The number of rotatable bonds is 4. The lowest BCUT2D eigenvalue weighted by molar-refractivity contribution is -0.136. The van der Waals surface area contributed by atoms with Crippen LogP contribution in [0.4, 0.5) is 0 Å². The molecule has 0 aliphatic heterocycles. The van der Waals surface area contributed by atoms with Crippen LogP contribution in [0.3, 0.4) is 0 Å². The third kappa shape index (κ3) is 2.34. The van der Waals surface area contributed by atoms with Crippen molar-refractivity contribution in [3.8, 4) is 5.75 Å². The highest BCUT2D eigenvalue weighted by molar-refractivity contribution is 5.70. The van der Waals surface area contributed by atoms with Crippen molar-refractivity contribution in [3.05, 3.63) is 28.8 Å². The van der Waals surface area contributed by atoms with Gasteiger partial charge in [-0.15, -0.1) is 0 Å². The highest BCUT2D eigenvalue weighted by Crippen LogP contribution is 2.47. The summed E-state index contributed by atoms with van der Waals surface area (Å²) in [6, 6.07) is 3.82. The molecule has 0 heterocycles. The van der Waals surface area contributed by atoms with Crippen LogP contribution < -0.4 is 0 Å². The Morgan fingerprint density at radius 1 is 1.05 bits per heavy atom. The molecule has 3 rings (SSSR count). The topological polar surface area (TPSA) is 57.5 Å². The molecular formula is C16H20O3. The van der Waals surface area contributed by atoms with Gasteiger partial charge in [0.05, 0.1) is 6.42 Å². The van der Waals surface area contributed by atoms with E-state index in [1.54, 1.807) is 0 Å². The van der Waals surface area contributed by atoms with Crippen LogP contribution in [0.5, 0.6) is 5.75 Å². The zero-order valence-corrected chi connectivity index (χ0v) is 11.1. The highest BCUT2D eigenvalue weighted by atomic mass is 16.4. The molecule has 2 saturated carbocycles. The van der Waals surface area contributed by atoms with Crippen LogP contribution in [0.25, 0.3) is 0 Å². The van der Waals surface area contributed by atoms with Crippen molar-refractivity contribution >= 4 is 5.97 Å². The van der Waals surface area contributed by atoms with Gasteiger partial charge < -0.3 is 10.2 Å². The predicted molar refractivity (Wildman–Crippen MR) is 72.6 cm³/mol. The van der Waals surface area contributed by atoms with Crippen LogP contribution >= 0.6 is 0 Å². The normalized spacial score (nSPS) is 19.8. The minimum Gasteiger partial charge on any atom is -0.507 e.